The highest BCUT2D eigenvalue weighted by atomic mass is 35.5. The van der Waals surface area contributed by atoms with Crippen molar-refractivity contribution < 1.29 is 9.52 Å². The Balaban J connectivity index is 1.94. The SMILES string of the molecule is OCC(CN1CCCCCC1)c1ccc(Cl)o1. The minimum Gasteiger partial charge on any atom is -0.449 e. The Kier molecular flexibility index (Phi) is 4.89. The second-order valence-electron chi connectivity index (χ2n) is 4.74. The molecular formula is C13H20ClNO2. The second kappa shape index (κ2) is 6.43. The first kappa shape index (κ1) is 12.9. The maximum Gasteiger partial charge on any atom is 0.193 e. The van der Waals surface area contributed by atoms with Crippen molar-refractivity contribution in [2.75, 3.05) is 26.2 Å². The summed E-state index contributed by atoms with van der Waals surface area (Å²) in [6.07, 6.45) is 5.17. The Morgan fingerprint density at radius 3 is 2.47 bits per heavy atom. The van der Waals surface area contributed by atoms with Crippen LogP contribution in [0.4, 0.5) is 0 Å². The highest BCUT2D eigenvalue weighted by Crippen LogP contribution is 2.23. The molecule has 2 rings (SSSR count). The van der Waals surface area contributed by atoms with Crippen molar-refractivity contribution in [3.05, 3.63) is 23.1 Å². The van der Waals surface area contributed by atoms with E-state index in [0.29, 0.717) is 5.22 Å². The van der Waals surface area contributed by atoms with Crippen LogP contribution in [0.25, 0.3) is 0 Å². The first-order valence-electron chi connectivity index (χ1n) is 6.38. The number of furan rings is 1. The van der Waals surface area contributed by atoms with Gasteiger partial charge in [-0.05, 0) is 49.7 Å². The number of hydrogen-bond acceptors (Lipinski definition) is 3. The smallest absolute Gasteiger partial charge is 0.193 e. The van der Waals surface area contributed by atoms with Crippen LogP contribution in [0, 0.1) is 0 Å². The summed E-state index contributed by atoms with van der Waals surface area (Å²) in [5.41, 5.74) is 0. The van der Waals surface area contributed by atoms with Crippen LogP contribution in [0.3, 0.4) is 0 Å². The molecule has 0 amide bonds. The first-order valence-corrected chi connectivity index (χ1v) is 6.76. The van der Waals surface area contributed by atoms with Crippen molar-refractivity contribution in [3.63, 3.8) is 0 Å². The molecule has 1 aliphatic rings. The van der Waals surface area contributed by atoms with Gasteiger partial charge in [0.1, 0.15) is 5.76 Å². The highest BCUT2D eigenvalue weighted by Gasteiger charge is 2.19. The van der Waals surface area contributed by atoms with Crippen LogP contribution in [0.15, 0.2) is 16.5 Å². The number of aliphatic hydroxyl groups is 1. The summed E-state index contributed by atoms with van der Waals surface area (Å²) < 4.78 is 5.39. The van der Waals surface area contributed by atoms with Gasteiger partial charge in [0.05, 0.1) is 12.5 Å². The van der Waals surface area contributed by atoms with Gasteiger partial charge in [0.15, 0.2) is 5.22 Å². The van der Waals surface area contributed by atoms with Gasteiger partial charge in [0.2, 0.25) is 0 Å². The molecule has 2 heterocycles. The number of hydrogen-bond donors (Lipinski definition) is 1. The number of rotatable bonds is 4. The van der Waals surface area contributed by atoms with Gasteiger partial charge in [-0.3, -0.25) is 0 Å². The summed E-state index contributed by atoms with van der Waals surface area (Å²) in [4.78, 5) is 2.42. The van der Waals surface area contributed by atoms with Crippen LogP contribution < -0.4 is 0 Å². The van der Waals surface area contributed by atoms with E-state index >= 15 is 0 Å². The van der Waals surface area contributed by atoms with Crippen molar-refractivity contribution in [2.24, 2.45) is 0 Å². The average molecular weight is 258 g/mol. The fraction of sp³-hybridized carbons (Fsp3) is 0.692. The van der Waals surface area contributed by atoms with E-state index in [-0.39, 0.29) is 12.5 Å². The maximum absolute atomic E-state index is 9.46. The summed E-state index contributed by atoms with van der Waals surface area (Å²) in [5, 5.41) is 9.86. The van der Waals surface area contributed by atoms with Crippen LogP contribution in [-0.4, -0.2) is 36.2 Å². The molecule has 1 N–H and O–H groups in total. The number of halogens is 1. The third-order valence-electron chi connectivity index (χ3n) is 3.39. The monoisotopic (exact) mass is 257 g/mol. The first-order chi connectivity index (χ1) is 8.29. The van der Waals surface area contributed by atoms with Gasteiger partial charge in [-0.2, -0.15) is 0 Å². The van der Waals surface area contributed by atoms with Crippen molar-refractivity contribution in [1.29, 1.82) is 0 Å². The average Bonchev–Trinajstić information content (AvgIpc) is 2.62. The molecule has 17 heavy (non-hydrogen) atoms. The summed E-state index contributed by atoms with van der Waals surface area (Å²) in [5.74, 6) is 0.836. The van der Waals surface area contributed by atoms with E-state index in [0.717, 1.165) is 25.4 Å². The molecule has 4 heteroatoms. The lowest BCUT2D eigenvalue weighted by Gasteiger charge is -2.23. The fourth-order valence-corrected chi connectivity index (χ4v) is 2.57. The topological polar surface area (TPSA) is 36.6 Å². The van der Waals surface area contributed by atoms with Crippen LogP contribution in [0.1, 0.15) is 37.4 Å². The second-order valence-corrected chi connectivity index (χ2v) is 5.11. The molecule has 3 nitrogen and oxygen atoms in total. The Labute approximate surface area is 107 Å². The zero-order chi connectivity index (χ0) is 12.1. The molecule has 0 aliphatic carbocycles. The van der Waals surface area contributed by atoms with Crippen LogP contribution >= 0.6 is 11.6 Å². The molecule has 1 aromatic heterocycles. The molecule has 96 valence electrons. The summed E-state index contributed by atoms with van der Waals surface area (Å²) in [6.45, 7) is 3.23. The van der Waals surface area contributed by atoms with Gasteiger partial charge < -0.3 is 14.4 Å². The summed E-state index contributed by atoms with van der Waals surface area (Å²) in [6, 6.07) is 3.60. The molecule has 0 bridgehead atoms. The van der Waals surface area contributed by atoms with E-state index in [1.165, 1.54) is 25.7 Å². The molecule has 0 aromatic carbocycles. The number of likely N-dealkylation sites (tertiary alicyclic amines) is 1. The quantitative estimate of drug-likeness (QED) is 0.901. The zero-order valence-corrected chi connectivity index (χ0v) is 10.8. The van der Waals surface area contributed by atoms with Gasteiger partial charge in [0.25, 0.3) is 0 Å². The standard InChI is InChI=1S/C13H20ClNO2/c14-13-6-5-12(17-13)11(10-16)9-15-7-3-1-2-4-8-15/h5-6,11,16H,1-4,7-10H2. The maximum atomic E-state index is 9.46. The molecule has 0 spiro atoms. The lowest BCUT2D eigenvalue weighted by molar-refractivity contribution is 0.190. The van der Waals surface area contributed by atoms with E-state index in [4.69, 9.17) is 16.0 Å². The van der Waals surface area contributed by atoms with Crippen molar-refractivity contribution in [2.45, 2.75) is 31.6 Å². The van der Waals surface area contributed by atoms with Crippen molar-refractivity contribution in [1.82, 2.24) is 4.90 Å². The van der Waals surface area contributed by atoms with Gasteiger partial charge in [-0.1, -0.05) is 12.8 Å². The predicted molar refractivity (Wildman–Crippen MR) is 68.5 cm³/mol. The molecule has 1 atom stereocenters. The van der Waals surface area contributed by atoms with Gasteiger partial charge in [0, 0.05) is 6.54 Å². The third kappa shape index (κ3) is 3.73. The number of nitrogens with zero attached hydrogens (tertiary/aromatic N) is 1. The Morgan fingerprint density at radius 2 is 1.94 bits per heavy atom. The Bertz CT molecular complexity index is 332. The van der Waals surface area contributed by atoms with Crippen LogP contribution in [-0.2, 0) is 0 Å². The van der Waals surface area contributed by atoms with Gasteiger partial charge >= 0.3 is 0 Å². The molecule has 1 aliphatic heterocycles. The Morgan fingerprint density at radius 1 is 1.24 bits per heavy atom. The van der Waals surface area contributed by atoms with Crippen molar-refractivity contribution >= 4 is 11.6 Å². The van der Waals surface area contributed by atoms with E-state index in [9.17, 15) is 5.11 Å². The summed E-state index contributed by atoms with van der Waals surface area (Å²) in [7, 11) is 0. The normalized spacial score (nSPS) is 20.1. The molecule has 1 unspecified atom stereocenters. The largest absolute Gasteiger partial charge is 0.449 e. The van der Waals surface area contributed by atoms with Gasteiger partial charge in [-0.25, -0.2) is 0 Å². The van der Waals surface area contributed by atoms with E-state index < -0.39 is 0 Å². The van der Waals surface area contributed by atoms with Gasteiger partial charge in [-0.15, -0.1) is 0 Å². The zero-order valence-electron chi connectivity index (χ0n) is 10.1. The molecule has 1 saturated heterocycles. The molecular weight excluding hydrogens is 238 g/mol. The summed E-state index contributed by atoms with van der Waals surface area (Å²) >= 11 is 5.77. The molecule has 1 fully saturated rings. The fourth-order valence-electron chi connectivity index (χ4n) is 2.42. The van der Waals surface area contributed by atoms with E-state index in [1.807, 2.05) is 6.07 Å². The van der Waals surface area contributed by atoms with E-state index in [2.05, 4.69) is 4.90 Å². The predicted octanol–water partition coefficient (Wildman–Crippen LogP) is 2.88. The molecule has 0 saturated carbocycles. The minimum atomic E-state index is 0.0422. The van der Waals surface area contributed by atoms with Crippen LogP contribution in [0.5, 0.6) is 0 Å². The van der Waals surface area contributed by atoms with Crippen LogP contribution in [0.2, 0.25) is 5.22 Å². The third-order valence-corrected chi connectivity index (χ3v) is 3.60. The highest BCUT2D eigenvalue weighted by molar-refractivity contribution is 6.28. The Hall–Kier alpha value is -0.510. The molecule has 0 radical (unpaired) electrons. The number of aliphatic hydroxyl groups excluding tert-OH is 1. The van der Waals surface area contributed by atoms with Crippen molar-refractivity contribution in [3.8, 4) is 0 Å². The molecule has 1 aromatic rings. The van der Waals surface area contributed by atoms with E-state index in [1.54, 1.807) is 6.07 Å². The lowest BCUT2D eigenvalue weighted by Crippen LogP contribution is -2.30. The minimum absolute atomic E-state index is 0.0422. The lowest BCUT2D eigenvalue weighted by atomic mass is 10.1.